The summed E-state index contributed by atoms with van der Waals surface area (Å²) in [5.74, 6) is 0.567. The molecule has 2 bridgehead atoms. The van der Waals surface area contributed by atoms with Crippen LogP contribution in [0.5, 0.6) is 0 Å². The average molecular weight is 279 g/mol. The van der Waals surface area contributed by atoms with E-state index in [-0.39, 0.29) is 22.9 Å². The summed E-state index contributed by atoms with van der Waals surface area (Å²) in [6.45, 7) is 7.00. The second kappa shape index (κ2) is 4.46. The van der Waals surface area contributed by atoms with Gasteiger partial charge in [0.2, 0.25) is 0 Å². The quantitative estimate of drug-likeness (QED) is 0.788. The van der Waals surface area contributed by atoms with Crippen molar-refractivity contribution < 1.29 is 9.53 Å². The Balaban J connectivity index is 1.72. The van der Waals surface area contributed by atoms with E-state index >= 15 is 0 Å². The van der Waals surface area contributed by atoms with Crippen LogP contribution in [-0.4, -0.2) is 17.6 Å². The smallest absolute Gasteiger partial charge is 0.326 e. The standard InChI is InChI=1S/C17H29NO2/c1-15(2)12-7-10-16(15,3)13(11-12)20-14(19)17(18)8-5-4-6-9-17/h12-13H,4-11,18H2,1-3H3. The highest BCUT2D eigenvalue weighted by Gasteiger charge is 2.63. The number of nitrogens with two attached hydrogens (primary N) is 1. The Hall–Kier alpha value is -0.570. The number of fused-ring (bicyclic) bond motifs is 2. The van der Waals surface area contributed by atoms with Crippen LogP contribution in [0, 0.1) is 16.7 Å². The molecule has 3 rings (SSSR count). The fraction of sp³-hybridized carbons (Fsp3) is 0.941. The van der Waals surface area contributed by atoms with E-state index in [1.807, 2.05) is 0 Å². The van der Waals surface area contributed by atoms with Gasteiger partial charge in [-0.3, -0.25) is 4.79 Å². The van der Waals surface area contributed by atoms with E-state index in [4.69, 9.17) is 10.5 Å². The van der Waals surface area contributed by atoms with Crippen molar-refractivity contribution in [1.29, 1.82) is 0 Å². The lowest BCUT2D eigenvalue weighted by molar-refractivity contribution is -0.164. The van der Waals surface area contributed by atoms with Crippen molar-refractivity contribution in [1.82, 2.24) is 0 Å². The molecule has 0 spiro atoms. The molecule has 3 fully saturated rings. The van der Waals surface area contributed by atoms with Gasteiger partial charge in [0.1, 0.15) is 11.6 Å². The van der Waals surface area contributed by atoms with Gasteiger partial charge in [0.25, 0.3) is 0 Å². The van der Waals surface area contributed by atoms with Crippen LogP contribution in [0.4, 0.5) is 0 Å². The second-order valence-corrected chi connectivity index (χ2v) is 8.22. The van der Waals surface area contributed by atoms with E-state index in [1.54, 1.807) is 0 Å². The summed E-state index contributed by atoms with van der Waals surface area (Å²) in [4.78, 5) is 12.6. The van der Waals surface area contributed by atoms with Crippen molar-refractivity contribution in [2.75, 3.05) is 0 Å². The maximum Gasteiger partial charge on any atom is 0.326 e. The third-order valence-electron chi connectivity index (χ3n) is 7.12. The highest BCUT2D eigenvalue weighted by molar-refractivity contribution is 5.81. The number of carbonyl (C=O) groups is 1. The van der Waals surface area contributed by atoms with Crippen molar-refractivity contribution in [3.63, 3.8) is 0 Å². The highest BCUT2D eigenvalue weighted by Crippen LogP contribution is 2.66. The van der Waals surface area contributed by atoms with Crippen LogP contribution < -0.4 is 5.73 Å². The highest BCUT2D eigenvalue weighted by atomic mass is 16.5. The molecular weight excluding hydrogens is 250 g/mol. The van der Waals surface area contributed by atoms with Gasteiger partial charge in [0.15, 0.2) is 0 Å². The zero-order valence-electron chi connectivity index (χ0n) is 13.2. The van der Waals surface area contributed by atoms with Gasteiger partial charge < -0.3 is 10.5 Å². The predicted molar refractivity (Wildman–Crippen MR) is 79.1 cm³/mol. The molecule has 2 N–H and O–H groups in total. The van der Waals surface area contributed by atoms with E-state index in [0.717, 1.165) is 32.1 Å². The first kappa shape index (κ1) is 14.4. The van der Waals surface area contributed by atoms with E-state index in [0.29, 0.717) is 5.92 Å². The summed E-state index contributed by atoms with van der Waals surface area (Å²) in [6.07, 6.45) is 8.47. The van der Waals surface area contributed by atoms with E-state index < -0.39 is 5.54 Å². The van der Waals surface area contributed by atoms with E-state index in [1.165, 1.54) is 19.3 Å². The number of hydrogen-bond donors (Lipinski definition) is 1. The second-order valence-electron chi connectivity index (χ2n) is 8.22. The number of ether oxygens (including phenoxy) is 1. The Morgan fingerprint density at radius 2 is 1.75 bits per heavy atom. The minimum atomic E-state index is -0.708. The molecule has 0 aromatic rings. The van der Waals surface area contributed by atoms with Crippen molar-refractivity contribution in [3.8, 4) is 0 Å². The largest absolute Gasteiger partial charge is 0.460 e. The summed E-state index contributed by atoms with van der Waals surface area (Å²) in [7, 11) is 0. The number of hydrogen-bond acceptors (Lipinski definition) is 3. The molecule has 0 saturated heterocycles. The lowest BCUT2D eigenvalue weighted by atomic mass is 9.70. The van der Waals surface area contributed by atoms with Gasteiger partial charge in [-0.05, 0) is 43.4 Å². The van der Waals surface area contributed by atoms with Crippen LogP contribution in [0.25, 0.3) is 0 Å². The maximum atomic E-state index is 12.6. The zero-order chi connectivity index (χ0) is 14.6. The fourth-order valence-corrected chi connectivity index (χ4v) is 4.94. The summed E-state index contributed by atoms with van der Waals surface area (Å²) >= 11 is 0. The molecular formula is C17H29NO2. The molecule has 3 unspecified atom stereocenters. The topological polar surface area (TPSA) is 52.3 Å². The molecule has 3 nitrogen and oxygen atoms in total. The van der Waals surface area contributed by atoms with Gasteiger partial charge >= 0.3 is 5.97 Å². The van der Waals surface area contributed by atoms with Crippen LogP contribution in [0.1, 0.15) is 72.1 Å². The SMILES string of the molecule is CC1(C)C2CCC1(C)C(OC(=O)C1(N)CCCCC1)C2. The Morgan fingerprint density at radius 1 is 1.10 bits per heavy atom. The van der Waals surface area contributed by atoms with Crippen LogP contribution >= 0.6 is 0 Å². The summed E-state index contributed by atoms with van der Waals surface area (Å²) in [5.41, 5.74) is 6.03. The first-order chi connectivity index (χ1) is 9.30. The molecule has 0 aromatic heterocycles. The van der Waals surface area contributed by atoms with Crippen molar-refractivity contribution in [2.45, 2.75) is 83.8 Å². The van der Waals surface area contributed by atoms with Crippen LogP contribution in [0.2, 0.25) is 0 Å². The first-order valence-corrected chi connectivity index (χ1v) is 8.30. The van der Waals surface area contributed by atoms with Crippen LogP contribution in [0.3, 0.4) is 0 Å². The number of esters is 1. The Morgan fingerprint density at radius 3 is 2.25 bits per heavy atom. The Kier molecular flexibility index (Phi) is 3.20. The van der Waals surface area contributed by atoms with Gasteiger partial charge in [-0.2, -0.15) is 0 Å². The molecule has 0 radical (unpaired) electrons. The third kappa shape index (κ3) is 1.85. The minimum Gasteiger partial charge on any atom is -0.460 e. The third-order valence-corrected chi connectivity index (χ3v) is 7.12. The Bertz CT molecular complexity index is 411. The molecule has 0 aromatic carbocycles. The molecule has 0 aliphatic heterocycles. The average Bonchev–Trinajstić information content (AvgIpc) is 2.73. The molecule has 0 heterocycles. The predicted octanol–water partition coefficient (Wildman–Crippen LogP) is 3.41. The van der Waals surface area contributed by atoms with Gasteiger partial charge in [-0.1, -0.05) is 40.0 Å². The monoisotopic (exact) mass is 279 g/mol. The first-order valence-electron chi connectivity index (χ1n) is 8.30. The van der Waals surface area contributed by atoms with Crippen LogP contribution in [-0.2, 0) is 9.53 Å². The van der Waals surface area contributed by atoms with Crippen LogP contribution in [0.15, 0.2) is 0 Å². The number of rotatable bonds is 2. The Labute approximate surface area is 122 Å². The van der Waals surface area contributed by atoms with Gasteiger partial charge in [0, 0.05) is 5.41 Å². The van der Waals surface area contributed by atoms with Crippen molar-refractivity contribution in [2.24, 2.45) is 22.5 Å². The fourth-order valence-electron chi connectivity index (χ4n) is 4.94. The molecule has 3 atom stereocenters. The lowest BCUT2D eigenvalue weighted by Crippen LogP contribution is -2.52. The molecule has 114 valence electrons. The molecule has 20 heavy (non-hydrogen) atoms. The lowest BCUT2D eigenvalue weighted by Gasteiger charge is -2.40. The maximum absolute atomic E-state index is 12.6. The van der Waals surface area contributed by atoms with Gasteiger partial charge in [-0.25, -0.2) is 0 Å². The van der Waals surface area contributed by atoms with E-state index in [2.05, 4.69) is 20.8 Å². The summed E-state index contributed by atoms with van der Waals surface area (Å²) in [6, 6.07) is 0. The number of carbonyl (C=O) groups excluding carboxylic acids is 1. The molecule has 0 amide bonds. The normalized spacial score (nSPS) is 41.6. The minimum absolute atomic E-state index is 0.0751. The summed E-state index contributed by atoms with van der Waals surface area (Å²) in [5, 5.41) is 0. The van der Waals surface area contributed by atoms with Crippen molar-refractivity contribution >= 4 is 5.97 Å². The molecule has 3 aliphatic carbocycles. The van der Waals surface area contributed by atoms with Crippen molar-refractivity contribution in [3.05, 3.63) is 0 Å². The molecule has 3 aliphatic rings. The zero-order valence-corrected chi connectivity index (χ0v) is 13.2. The van der Waals surface area contributed by atoms with E-state index in [9.17, 15) is 4.79 Å². The van der Waals surface area contributed by atoms with Gasteiger partial charge in [-0.15, -0.1) is 0 Å². The van der Waals surface area contributed by atoms with Gasteiger partial charge in [0.05, 0.1) is 0 Å². The molecule has 3 saturated carbocycles. The summed E-state index contributed by atoms with van der Waals surface area (Å²) < 4.78 is 5.96. The molecule has 3 heteroatoms.